The zero-order chi connectivity index (χ0) is 10.0. The summed E-state index contributed by atoms with van der Waals surface area (Å²) in [4.78, 5) is 3.61. The van der Waals surface area contributed by atoms with Crippen molar-refractivity contribution in [3.05, 3.63) is 27.5 Å². The Bertz CT molecular complexity index is 317. The summed E-state index contributed by atoms with van der Waals surface area (Å²) in [7, 11) is 0. The SMILES string of the molecule is FC(F)c1c(Cl)cnc(Cl)c1CCl. The zero-order valence-electron chi connectivity index (χ0n) is 6.20. The van der Waals surface area contributed by atoms with Crippen molar-refractivity contribution in [2.24, 2.45) is 0 Å². The van der Waals surface area contributed by atoms with Gasteiger partial charge in [0.2, 0.25) is 0 Å². The first-order valence-electron chi connectivity index (χ1n) is 3.24. The van der Waals surface area contributed by atoms with Gasteiger partial charge in [-0.05, 0) is 0 Å². The van der Waals surface area contributed by atoms with E-state index in [1.165, 1.54) is 0 Å². The van der Waals surface area contributed by atoms with Crippen LogP contribution in [-0.2, 0) is 5.88 Å². The van der Waals surface area contributed by atoms with Crippen LogP contribution in [0.2, 0.25) is 10.2 Å². The monoisotopic (exact) mass is 245 g/mol. The van der Waals surface area contributed by atoms with Crippen molar-refractivity contribution in [3.8, 4) is 0 Å². The summed E-state index contributed by atoms with van der Waals surface area (Å²) in [5.41, 5.74) is -0.248. The van der Waals surface area contributed by atoms with E-state index in [2.05, 4.69) is 4.98 Å². The summed E-state index contributed by atoms with van der Waals surface area (Å²) in [6.07, 6.45) is -1.61. The molecule has 0 aliphatic heterocycles. The number of rotatable bonds is 2. The van der Waals surface area contributed by atoms with Crippen molar-refractivity contribution in [3.63, 3.8) is 0 Å². The van der Waals surface area contributed by atoms with Crippen LogP contribution in [-0.4, -0.2) is 4.98 Å². The van der Waals surface area contributed by atoms with Crippen LogP contribution >= 0.6 is 34.8 Å². The van der Waals surface area contributed by atoms with E-state index in [1.54, 1.807) is 0 Å². The molecule has 0 saturated heterocycles. The Morgan fingerprint density at radius 1 is 1.38 bits per heavy atom. The predicted molar refractivity (Wildman–Crippen MR) is 48.8 cm³/mol. The molecule has 0 atom stereocenters. The summed E-state index contributed by atoms with van der Waals surface area (Å²) in [5.74, 6) is -0.133. The highest BCUT2D eigenvalue weighted by Crippen LogP contribution is 2.33. The fourth-order valence-corrected chi connectivity index (χ4v) is 1.68. The molecule has 0 radical (unpaired) electrons. The molecule has 0 spiro atoms. The number of nitrogens with zero attached hydrogens (tertiary/aromatic N) is 1. The van der Waals surface area contributed by atoms with Crippen molar-refractivity contribution in [1.82, 2.24) is 4.98 Å². The third-order valence-corrected chi connectivity index (χ3v) is 2.37. The molecule has 0 unspecified atom stereocenters. The fraction of sp³-hybridized carbons (Fsp3) is 0.286. The molecular formula is C7H4Cl3F2N. The largest absolute Gasteiger partial charge is 0.265 e. The van der Waals surface area contributed by atoms with E-state index in [0.29, 0.717) is 0 Å². The molecule has 0 aliphatic carbocycles. The number of hydrogen-bond acceptors (Lipinski definition) is 1. The summed E-state index contributed by atoms with van der Waals surface area (Å²) in [5, 5.41) is -0.148. The Balaban J connectivity index is 3.35. The second kappa shape index (κ2) is 4.40. The molecule has 0 N–H and O–H groups in total. The summed E-state index contributed by atoms with van der Waals surface area (Å²) < 4.78 is 24.9. The normalized spacial score (nSPS) is 10.9. The molecular weight excluding hydrogens is 242 g/mol. The van der Waals surface area contributed by atoms with Crippen LogP contribution in [0.25, 0.3) is 0 Å². The Morgan fingerprint density at radius 3 is 2.38 bits per heavy atom. The first-order chi connectivity index (χ1) is 6.07. The van der Waals surface area contributed by atoms with Crippen LogP contribution in [0, 0.1) is 0 Å². The van der Waals surface area contributed by atoms with Crippen LogP contribution < -0.4 is 0 Å². The average molecular weight is 246 g/mol. The summed E-state index contributed by atoms with van der Waals surface area (Å²) in [6.45, 7) is 0. The lowest BCUT2D eigenvalue weighted by Crippen LogP contribution is -1.96. The van der Waals surface area contributed by atoms with Crippen molar-refractivity contribution in [2.75, 3.05) is 0 Å². The van der Waals surface area contributed by atoms with Gasteiger partial charge in [-0.1, -0.05) is 23.2 Å². The molecule has 1 aromatic heterocycles. The Morgan fingerprint density at radius 2 is 2.00 bits per heavy atom. The third-order valence-electron chi connectivity index (χ3n) is 1.47. The van der Waals surface area contributed by atoms with Crippen LogP contribution in [0.15, 0.2) is 6.20 Å². The quantitative estimate of drug-likeness (QED) is 0.566. The Labute approximate surface area is 88.6 Å². The second-order valence-electron chi connectivity index (χ2n) is 2.22. The van der Waals surface area contributed by atoms with Gasteiger partial charge in [-0.2, -0.15) is 0 Å². The summed E-state index contributed by atoms with van der Waals surface area (Å²) >= 11 is 16.5. The van der Waals surface area contributed by atoms with Crippen molar-refractivity contribution in [2.45, 2.75) is 12.3 Å². The molecule has 0 bridgehead atoms. The van der Waals surface area contributed by atoms with E-state index < -0.39 is 6.43 Å². The van der Waals surface area contributed by atoms with Crippen molar-refractivity contribution < 1.29 is 8.78 Å². The smallest absolute Gasteiger partial charge is 0.243 e. The topological polar surface area (TPSA) is 12.9 Å². The Kier molecular flexibility index (Phi) is 3.71. The molecule has 1 nitrogen and oxygen atoms in total. The maximum Gasteiger partial charge on any atom is 0.265 e. The van der Waals surface area contributed by atoms with Gasteiger partial charge < -0.3 is 0 Å². The first-order valence-corrected chi connectivity index (χ1v) is 4.53. The number of pyridine rings is 1. The van der Waals surface area contributed by atoms with Gasteiger partial charge in [-0.25, -0.2) is 13.8 Å². The van der Waals surface area contributed by atoms with Crippen LogP contribution in [0.4, 0.5) is 8.78 Å². The van der Waals surface area contributed by atoms with Gasteiger partial charge in [0, 0.05) is 17.3 Å². The zero-order valence-corrected chi connectivity index (χ0v) is 8.47. The average Bonchev–Trinajstić information content (AvgIpc) is 2.07. The predicted octanol–water partition coefficient (Wildman–Crippen LogP) is 4.06. The molecule has 0 fully saturated rings. The molecule has 0 amide bonds. The third kappa shape index (κ3) is 2.22. The molecule has 1 heterocycles. The minimum atomic E-state index is -2.69. The van der Waals surface area contributed by atoms with E-state index in [0.717, 1.165) is 6.20 Å². The molecule has 1 aromatic rings. The number of halogens is 5. The Hall–Kier alpha value is -0.120. The van der Waals surface area contributed by atoms with E-state index >= 15 is 0 Å². The lowest BCUT2D eigenvalue weighted by Gasteiger charge is -2.08. The highest BCUT2D eigenvalue weighted by atomic mass is 35.5. The van der Waals surface area contributed by atoms with Gasteiger partial charge in [-0.3, -0.25) is 0 Å². The molecule has 1 rings (SSSR count). The van der Waals surface area contributed by atoms with Crippen molar-refractivity contribution >= 4 is 34.8 Å². The molecule has 13 heavy (non-hydrogen) atoms. The maximum atomic E-state index is 12.4. The molecule has 72 valence electrons. The van der Waals surface area contributed by atoms with Gasteiger partial charge in [-0.15, -0.1) is 11.6 Å². The number of aromatic nitrogens is 1. The van der Waals surface area contributed by atoms with Crippen LogP contribution in [0.1, 0.15) is 17.6 Å². The lowest BCUT2D eigenvalue weighted by atomic mass is 10.2. The maximum absolute atomic E-state index is 12.4. The lowest BCUT2D eigenvalue weighted by molar-refractivity contribution is 0.150. The van der Waals surface area contributed by atoms with Gasteiger partial charge in [0.1, 0.15) is 5.15 Å². The second-order valence-corrected chi connectivity index (χ2v) is 3.26. The molecule has 0 aliphatic rings. The fourth-order valence-electron chi connectivity index (χ4n) is 0.879. The van der Waals surface area contributed by atoms with Gasteiger partial charge >= 0.3 is 0 Å². The number of alkyl halides is 3. The minimum absolute atomic E-state index is 0.0327. The summed E-state index contributed by atoms with van der Waals surface area (Å²) in [6, 6.07) is 0. The van der Waals surface area contributed by atoms with Gasteiger partial charge in [0.15, 0.2) is 0 Å². The number of hydrogen-bond donors (Lipinski definition) is 0. The standard InChI is InChI=1S/C7H4Cl3F2N/c8-1-3-5(7(11)12)4(9)2-13-6(3)10/h2,7H,1H2. The first kappa shape index (κ1) is 11.0. The van der Waals surface area contributed by atoms with E-state index in [9.17, 15) is 8.78 Å². The molecule has 0 saturated carbocycles. The minimum Gasteiger partial charge on any atom is -0.243 e. The van der Waals surface area contributed by atoms with Crippen molar-refractivity contribution in [1.29, 1.82) is 0 Å². The van der Waals surface area contributed by atoms with Gasteiger partial charge in [0.05, 0.1) is 10.9 Å². The van der Waals surface area contributed by atoms with Crippen LogP contribution in [0.3, 0.4) is 0 Å². The highest BCUT2D eigenvalue weighted by Gasteiger charge is 2.19. The van der Waals surface area contributed by atoms with Gasteiger partial charge in [0.25, 0.3) is 6.43 Å². The highest BCUT2D eigenvalue weighted by molar-refractivity contribution is 6.34. The van der Waals surface area contributed by atoms with Crippen LogP contribution in [0.5, 0.6) is 0 Å². The van der Waals surface area contributed by atoms with E-state index in [-0.39, 0.29) is 27.2 Å². The van der Waals surface area contributed by atoms with E-state index in [1.807, 2.05) is 0 Å². The van der Waals surface area contributed by atoms with E-state index in [4.69, 9.17) is 34.8 Å². The molecule has 6 heteroatoms. The molecule has 0 aromatic carbocycles.